The van der Waals surface area contributed by atoms with E-state index in [2.05, 4.69) is 10.4 Å². The average molecular weight is 478 g/mol. The monoisotopic (exact) mass is 477 g/mol. The molecule has 10 heteroatoms. The van der Waals surface area contributed by atoms with Crippen LogP contribution in [0, 0.1) is 0 Å². The van der Waals surface area contributed by atoms with E-state index in [1.807, 2.05) is 18.2 Å². The number of hydrogen-bond donors (Lipinski definition) is 1. The molecule has 0 unspecified atom stereocenters. The van der Waals surface area contributed by atoms with E-state index >= 15 is 0 Å². The number of carbonyl (C=O) groups excluding carboxylic acids is 3. The van der Waals surface area contributed by atoms with Crippen LogP contribution in [0.2, 0.25) is 0 Å². The Balaban J connectivity index is 1.35. The van der Waals surface area contributed by atoms with E-state index in [1.54, 1.807) is 60.0 Å². The fourth-order valence-electron chi connectivity index (χ4n) is 3.88. The molecule has 1 saturated heterocycles. The molecule has 182 valence electrons. The summed E-state index contributed by atoms with van der Waals surface area (Å²) in [4.78, 5) is 53.7. The van der Waals surface area contributed by atoms with Gasteiger partial charge in [0.2, 0.25) is 0 Å². The van der Waals surface area contributed by atoms with E-state index in [0.29, 0.717) is 42.6 Å². The Bertz CT molecular complexity index is 1300. The number of piperazine rings is 1. The predicted octanol–water partition coefficient (Wildman–Crippen LogP) is 2.51. The number of nitrogens with zero attached hydrogens (tertiary/aromatic N) is 4. The van der Waals surface area contributed by atoms with E-state index in [1.165, 1.54) is 4.68 Å². The van der Waals surface area contributed by atoms with Gasteiger partial charge in [0, 0.05) is 37.3 Å². The molecule has 2 heterocycles. The molecule has 4 rings (SSSR count). The van der Waals surface area contributed by atoms with Crippen molar-refractivity contribution < 1.29 is 19.1 Å². The Morgan fingerprint density at radius 2 is 1.51 bits per heavy atom. The molecule has 1 N–H and O–H groups in total. The molecule has 10 nitrogen and oxygen atoms in total. The molecule has 0 aliphatic carbocycles. The van der Waals surface area contributed by atoms with Crippen LogP contribution in [0.3, 0.4) is 0 Å². The van der Waals surface area contributed by atoms with Crippen molar-refractivity contribution in [1.29, 1.82) is 0 Å². The lowest BCUT2D eigenvalue weighted by Crippen LogP contribution is -2.52. The number of fused-ring (bicyclic) bond motifs is 1. The summed E-state index contributed by atoms with van der Waals surface area (Å²) in [6, 6.07) is 15.3. The van der Waals surface area contributed by atoms with Crippen molar-refractivity contribution >= 4 is 34.4 Å². The lowest BCUT2D eigenvalue weighted by atomic mass is 10.1. The molecule has 0 radical (unpaired) electrons. The van der Waals surface area contributed by atoms with Crippen molar-refractivity contribution in [3.05, 3.63) is 70.6 Å². The number of nitrogens with one attached hydrogen (secondary N) is 1. The van der Waals surface area contributed by atoms with E-state index in [9.17, 15) is 19.2 Å². The van der Waals surface area contributed by atoms with E-state index < -0.39 is 12.6 Å². The summed E-state index contributed by atoms with van der Waals surface area (Å²) in [6.07, 6.45) is 0. The summed E-state index contributed by atoms with van der Waals surface area (Å²) in [5.74, 6) is -1.13. The van der Waals surface area contributed by atoms with Gasteiger partial charge in [0.1, 0.15) is 0 Å². The van der Waals surface area contributed by atoms with Crippen molar-refractivity contribution in [2.45, 2.75) is 19.9 Å². The lowest BCUT2D eigenvalue weighted by molar-refractivity contribution is -0.135. The zero-order valence-electron chi connectivity index (χ0n) is 19.6. The molecule has 0 atom stereocenters. The Labute approximate surface area is 202 Å². The molecule has 1 aliphatic rings. The molecule has 0 saturated carbocycles. The molecule has 1 aliphatic heterocycles. The maximum atomic E-state index is 12.8. The fraction of sp³-hybridized carbons (Fsp3) is 0.320. The second-order valence-electron chi connectivity index (χ2n) is 8.48. The molecular formula is C25H27N5O5. The van der Waals surface area contributed by atoms with Crippen LogP contribution in [0.15, 0.2) is 59.4 Å². The van der Waals surface area contributed by atoms with E-state index in [0.717, 1.165) is 0 Å². The minimum absolute atomic E-state index is 0.0101. The van der Waals surface area contributed by atoms with Crippen LogP contribution in [0.5, 0.6) is 0 Å². The zero-order valence-corrected chi connectivity index (χ0v) is 19.6. The highest BCUT2D eigenvalue weighted by Crippen LogP contribution is 2.16. The molecule has 2 aromatic carbocycles. The first-order valence-electron chi connectivity index (χ1n) is 11.4. The summed E-state index contributed by atoms with van der Waals surface area (Å²) >= 11 is 0. The van der Waals surface area contributed by atoms with Crippen molar-refractivity contribution in [2.75, 3.05) is 38.1 Å². The van der Waals surface area contributed by atoms with Crippen LogP contribution in [0.1, 0.15) is 30.4 Å². The molecule has 1 aromatic heterocycles. The van der Waals surface area contributed by atoms with Crippen LogP contribution in [0.4, 0.5) is 10.5 Å². The molecule has 0 spiro atoms. The number of benzene rings is 2. The number of rotatable bonds is 5. The summed E-state index contributed by atoms with van der Waals surface area (Å²) in [7, 11) is 0. The molecule has 0 bridgehead atoms. The maximum Gasteiger partial charge on any atom is 0.359 e. The number of hydrogen-bond acceptors (Lipinski definition) is 6. The Morgan fingerprint density at radius 1 is 0.914 bits per heavy atom. The van der Waals surface area contributed by atoms with Gasteiger partial charge in [-0.25, -0.2) is 14.3 Å². The fourth-order valence-corrected chi connectivity index (χ4v) is 3.88. The third kappa shape index (κ3) is 5.32. The highest BCUT2D eigenvalue weighted by atomic mass is 16.5. The van der Waals surface area contributed by atoms with Crippen LogP contribution in [-0.4, -0.2) is 70.3 Å². The first-order valence-corrected chi connectivity index (χ1v) is 11.4. The molecule has 3 amide bonds. The normalized spacial score (nSPS) is 13.7. The minimum atomic E-state index is -0.773. The van der Waals surface area contributed by atoms with Crippen LogP contribution >= 0.6 is 0 Å². The third-order valence-electron chi connectivity index (χ3n) is 5.78. The van der Waals surface area contributed by atoms with Crippen molar-refractivity contribution in [2.24, 2.45) is 0 Å². The van der Waals surface area contributed by atoms with Gasteiger partial charge in [0.25, 0.3) is 11.5 Å². The quantitative estimate of drug-likeness (QED) is 0.565. The largest absolute Gasteiger partial charge is 0.451 e. The Morgan fingerprint density at radius 3 is 2.17 bits per heavy atom. The van der Waals surface area contributed by atoms with Gasteiger partial charge in [0.15, 0.2) is 12.3 Å². The van der Waals surface area contributed by atoms with Gasteiger partial charge < -0.3 is 19.9 Å². The Kier molecular flexibility index (Phi) is 7.09. The number of anilines is 1. The van der Waals surface area contributed by atoms with Gasteiger partial charge in [0.05, 0.1) is 11.4 Å². The van der Waals surface area contributed by atoms with Crippen molar-refractivity contribution in [1.82, 2.24) is 19.6 Å². The first-order chi connectivity index (χ1) is 16.8. The van der Waals surface area contributed by atoms with Crippen molar-refractivity contribution in [3.8, 4) is 0 Å². The predicted molar refractivity (Wildman–Crippen MR) is 130 cm³/mol. The standard InChI is InChI=1S/C25H27N5O5/c1-17(2)30-23(32)20-11-7-6-10-19(20)22(27-30)24(33)35-16-21(31)28-12-14-29(15-13-28)25(34)26-18-8-4-3-5-9-18/h3-11,17H,12-16H2,1-2H3,(H,26,34). The minimum Gasteiger partial charge on any atom is -0.451 e. The Hall–Kier alpha value is -4.21. The summed E-state index contributed by atoms with van der Waals surface area (Å²) in [6.45, 7) is 4.53. The van der Waals surface area contributed by atoms with E-state index in [4.69, 9.17) is 4.74 Å². The second-order valence-corrected chi connectivity index (χ2v) is 8.48. The number of urea groups is 1. The van der Waals surface area contributed by atoms with E-state index in [-0.39, 0.29) is 29.2 Å². The van der Waals surface area contributed by atoms with Gasteiger partial charge in [-0.05, 0) is 32.0 Å². The summed E-state index contributed by atoms with van der Waals surface area (Å²) in [5, 5.41) is 7.78. The topological polar surface area (TPSA) is 114 Å². The molecule has 1 fully saturated rings. The number of esters is 1. The third-order valence-corrected chi connectivity index (χ3v) is 5.78. The number of amides is 3. The van der Waals surface area contributed by atoms with Gasteiger partial charge in [-0.1, -0.05) is 36.4 Å². The van der Waals surface area contributed by atoms with Gasteiger partial charge in [-0.3, -0.25) is 9.59 Å². The van der Waals surface area contributed by atoms with Crippen LogP contribution in [-0.2, 0) is 9.53 Å². The maximum absolute atomic E-state index is 12.8. The summed E-state index contributed by atoms with van der Waals surface area (Å²) < 4.78 is 6.51. The number of carbonyl (C=O) groups is 3. The van der Waals surface area contributed by atoms with Crippen molar-refractivity contribution in [3.63, 3.8) is 0 Å². The van der Waals surface area contributed by atoms with Gasteiger partial charge in [-0.2, -0.15) is 5.10 Å². The highest BCUT2D eigenvalue weighted by molar-refractivity contribution is 6.02. The highest BCUT2D eigenvalue weighted by Gasteiger charge is 2.26. The molecule has 35 heavy (non-hydrogen) atoms. The number of aromatic nitrogens is 2. The first kappa shape index (κ1) is 23.9. The smallest absolute Gasteiger partial charge is 0.359 e. The number of para-hydroxylation sites is 1. The van der Waals surface area contributed by atoms with Crippen LogP contribution in [0.25, 0.3) is 10.8 Å². The lowest BCUT2D eigenvalue weighted by Gasteiger charge is -2.34. The zero-order chi connectivity index (χ0) is 24.9. The second kappa shape index (κ2) is 10.4. The average Bonchev–Trinajstić information content (AvgIpc) is 2.88. The SMILES string of the molecule is CC(C)n1nc(C(=O)OCC(=O)N2CCN(C(=O)Nc3ccccc3)CC2)c2ccccc2c1=O. The number of ether oxygens (including phenoxy) is 1. The van der Waals surface area contributed by atoms with Gasteiger partial charge >= 0.3 is 12.0 Å². The molecule has 3 aromatic rings. The summed E-state index contributed by atoms with van der Waals surface area (Å²) in [5.41, 5.74) is 0.398. The van der Waals surface area contributed by atoms with Crippen LogP contribution < -0.4 is 10.9 Å². The van der Waals surface area contributed by atoms with Gasteiger partial charge in [-0.15, -0.1) is 0 Å². The molecular weight excluding hydrogens is 450 g/mol.